The van der Waals surface area contributed by atoms with Crippen LogP contribution in [0.4, 0.5) is 5.69 Å². The number of sulfonamides is 1. The summed E-state index contributed by atoms with van der Waals surface area (Å²) in [5, 5.41) is -0.131. The third-order valence-electron chi connectivity index (χ3n) is 4.05. The Labute approximate surface area is 144 Å². The van der Waals surface area contributed by atoms with Crippen LogP contribution in [0.5, 0.6) is 0 Å². The van der Waals surface area contributed by atoms with Gasteiger partial charge in [0.1, 0.15) is 0 Å². The van der Waals surface area contributed by atoms with E-state index in [0.29, 0.717) is 12.2 Å². The minimum absolute atomic E-state index is 0.559. The quantitative estimate of drug-likeness (QED) is 0.649. The fraction of sp³-hybridized carbons (Fsp3) is 0.429. The van der Waals surface area contributed by atoms with E-state index in [-0.39, 0.29) is 0 Å². The summed E-state index contributed by atoms with van der Waals surface area (Å²) >= 11 is 7.71. The second-order valence-corrected chi connectivity index (χ2v) is 8.85. The Hall–Kier alpha value is -1.25. The highest BCUT2D eigenvalue weighted by Gasteiger charge is 2.46. The lowest BCUT2D eigenvalue weighted by Gasteiger charge is -2.24. The van der Waals surface area contributed by atoms with Crippen LogP contribution in [-0.4, -0.2) is 54.4 Å². The summed E-state index contributed by atoms with van der Waals surface area (Å²) in [6.45, 7) is 1.39. The van der Waals surface area contributed by atoms with Crippen molar-refractivity contribution in [1.82, 2.24) is 4.90 Å². The van der Waals surface area contributed by atoms with E-state index in [4.69, 9.17) is 11.6 Å². The van der Waals surface area contributed by atoms with Crippen LogP contribution < -0.4 is 4.72 Å². The maximum absolute atomic E-state index is 12.8. The molecule has 0 amide bonds. The van der Waals surface area contributed by atoms with Gasteiger partial charge in [0, 0.05) is 30.7 Å². The van der Waals surface area contributed by atoms with E-state index >= 15 is 0 Å². The van der Waals surface area contributed by atoms with Crippen LogP contribution in [0.15, 0.2) is 28.2 Å². The molecule has 1 fully saturated rings. The number of fused-ring (bicyclic) bond motifs is 2. The number of hydrogen-bond acceptors (Lipinski definition) is 6. The van der Waals surface area contributed by atoms with E-state index in [9.17, 15) is 8.42 Å². The lowest BCUT2D eigenvalue weighted by Crippen LogP contribution is -2.44. The number of nitrogens with one attached hydrogen (secondary N) is 1. The number of benzene rings is 1. The third-order valence-corrected chi connectivity index (χ3v) is 7.19. The van der Waals surface area contributed by atoms with Crippen LogP contribution >= 0.6 is 23.4 Å². The molecule has 1 aromatic carbocycles. The second kappa shape index (κ2) is 5.68. The first-order valence-electron chi connectivity index (χ1n) is 7.30. The average molecular weight is 371 g/mol. The molecule has 6 nitrogen and oxygen atoms in total. The maximum Gasteiger partial charge on any atom is 0.257 e. The first-order valence-corrected chi connectivity index (χ1v) is 10.3. The number of nitrogens with zero attached hydrogens (tertiary/aromatic N) is 3. The fourth-order valence-electron chi connectivity index (χ4n) is 2.98. The smallest absolute Gasteiger partial charge is 0.257 e. The highest BCUT2D eigenvalue weighted by Crippen LogP contribution is 2.34. The molecule has 23 heavy (non-hydrogen) atoms. The van der Waals surface area contributed by atoms with Gasteiger partial charge in [-0.1, -0.05) is 29.4 Å². The van der Waals surface area contributed by atoms with Gasteiger partial charge in [-0.2, -0.15) is 0 Å². The van der Waals surface area contributed by atoms with Gasteiger partial charge in [-0.05, 0) is 29.7 Å². The third kappa shape index (κ3) is 2.72. The molecule has 3 heterocycles. The zero-order valence-electron chi connectivity index (χ0n) is 12.1. The fourth-order valence-corrected chi connectivity index (χ4v) is 6.24. The number of hydrogen-bond donors (Lipinski definition) is 1. The molecule has 122 valence electrons. The number of rotatable bonds is 3. The first kappa shape index (κ1) is 15.3. The Morgan fingerprint density at radius 2 is 2.26 bits per heavy atom. The molecule has 2 atom stereocenters. The van der Waals surface area contributed by atoms with Crippen LogP contribution in [0.3, 0.4) is 0 Å². The van der Waals surface area contributed by atoms with Crippen LogP contribution in [0.2, 0.25) is 0 Å². The van der Waals surface area contributed by atoms with Crippen LogP contribution in [0.25, 0.3) is 0 Å². The molecule has 9 heteroatoms. The molecule has 1 aromatic rings. The number of amidine groups is 1. The summed E-state index contributed by atoms with van der Waals surface area (Å²) in [5.41, 5.74) is 1.92. The van der Waals surface area contributed by atoms with Crippen molar-refractivity contribution in [1.29, 1.82) is 0 Å². The van der Waals surface area contributed by atoms with E-state index in [1.54, 1.807) is 22.7 Å². The summed E-state index contributed by atoms with van der Waals surface area (Å²) in [5.74, 6) is 0.840. The molecule has 0 bridgehead atoms. The molecular weight excluding hydrogens is 356 g/mol. The predicted octanol–water partition coefficient (Wildman–Crippen LogP) is 1.71. The van der Waals surface area contributed by atoms with Crippen molar-refractivity contribution in [2.24, 2.45) is 9.98 Å². The first-order chi connectivity index (χ1) is 11.0. The summed E-state index contributed by atoms with van der Waals surface area (Å²) in [6, 6.07) is 5.51. The number of alkyl halides is 1. The zero-order valence-corrected chi connectivity index (χ0v) is 14.5. The molecule has 0 radical (unpaired) electrons. The van der Waals surface area contributed by atoms with Gasteiger partial charge in [0.25, 0.3) is 10.0 Å². The molecule has 2 unspecified atom stereocenters. The van der Waals surface area contributed by atoms with Gasteiger partial charge in [0.05, 0.1) is 0 Å². The number of anilines is 1. The van der Waals surface area contributed by atoms with Crippen LogP contribution in [0.1, 0.15) is 11.1 Å². The van der Waals surface area contributed by atoms with Crippen LogP contribution in [-0.2, 0) is 16.4 Å². The van der Waals surface area contributed by atoms with Gasteiger partial charge in [-0.25, -0.2) is 13.4 Å². The molecule has 3 aliphatic heterocycles. The van der Waals surface area contributed by atoms with E-state index < -0.39 is 20.9 Å². The average Bonchev–Trinajstić information content (AvgIpc) is 3.06. The van der Waals surface area contributed by atoms with Crippen molar-refractivity contribution in [2.45, 2.75) is 17.3 Å². The molecule has 0 aromatic heterocycles. The Bertz CT molecular complexity index is 809. The summed E-state index contributed by atoms with van der Waals surface area (Å²) < 4.78 is 28.2. The van der Waals surface area contributed by atoms with Gasteiger partial charge in [-0.15, -0.1) is 0 Å². The second-order valence-electron chi connectivity index (χ2n) is 5.56. The summed E-state index contributed by atoms with van der Waals surface area (Å²) in [7, 11) is -3.66. The van der Waals surface area contributed by atoms with E-state index in [1.165, 1.54) is 0 Å². The van der Waals surface area contributed by atoms with Crippen molar-refractivity contribution < 1.29 is 8.42 Å². The van der Waals surface area contributed by atoms with Gasteiger partial charge < -0.3 is 4.90 Å². The molecule has 4 rings (SSSR count). The van der Waals surface area contributed by atoms with E-state index in [2.05, 4.69) is 14.7 Å². The van der Waals surface area contributed by atoms with Gasteiger partial charge in [-0.3, -0.25) is 9.71 Å². The highest BCUT2D eigenvalue weighted by atomic mass is 35.5. The van der Waals surface area contributed by atoms with E-state index in [1.807, 2.05) is 18.3 Å². The van der Waals surface area contributed by atoms with Gasteiger partial charge in [0.2, 0.25) is 0 Å². The molecule has 0 aliphatic carbocycles. The summed E-state index contributed by atoms with van der Waals surface area (Å²) in [4.78, 5) is 10.2. The lowest BCUT2D eigenvalue weighted by atomic mass is 10.0. The lowest BCUT2D eigenvalue weighted by molar-refractivity contribution is 0.431. The Morgan fingerprint density at radius 3 is 3.13 bits per heavy atom. The van der Waals surface area contributed by atoms with Gasteiger partial charge >= 0.3 is 0 Å². The van der Waals surface area contributed by atoms with Crippen molar-refractivity contribution in [3.63, 3.8) is 0 Å². The summed E-state index contributed by atoms with van der Waals surface area (Å²) in [6.07, 6.45) is 2.64. The molecule has 1 saturated heterocycles. The maximum atomic E-state index is 12.8. The van der Waals surface area contributed by atoms with Crippen molar-refractivity contribution in [3.05, 3.63) is 29.3 Å². The van der Waals surface area contributed by atoms with Crippen LogP contribution in [0, 0.1) is 0 Å². The van der Waals surface area contributed by atoms with Gasteiger partial charge in [0.15, 0.2) is 16.0 Å². The monoisotopic (exact) mass is 370 g/mol. The SMILES string of the molecule is O=S(=O)(Nc1ccc2c(c1)CCN=C2)C1C(Cl)N=C2SCCN21. The normalized spacial score (nSPS) is 26.0. The Balaban J connectivity index is 1.59. The number of thioether (sulfide) groups is 1. The molecule has 0 spiro atoms. The zero-order chi connectivity index (χ0) is 16.0. The minimum Gasteiger partial charge on any atom is -0.329 e. The molecular formula is C14H15ClN4O2S2. The predicted molar refractivity (Wildman–Crippen MR) is 95.2 cm³/mol. The molecule has 0 saturated carbocycles. The van der Waals surface area contributed by atoms with Crippen molar-refractivity contribution in [2.75, 3.05) is 23.6 Å². The highest BCUT2D eigenvalue weighted by molar-refractivity contribution is 8.14. The minimum atomic E-state index is -3.66. The van der Waals surface area contributed by atoms with Crippen molar-refractivity contribution >= 4 is 50.5 Å². The largest absolute Gasteiger partial charge is 0.329 e. The number of aliphatic imine (C=N–C) groups is 2. The Kier molecular flexibility index (Phi) is 3.78. The number of halogens is 1. The Morgan fingerprint density at radius 1 is 1.39 bits per heavy atom. The topological polar surface area (TPSA) is 74.1 Å². The molecule has 1 N–H and O–H groups in total. The van der Waals surface area contributed by atoms with Crippen molar-refractivity contribution in [3.8, 4) is 0 Å². The standard InChI is InChI=1S/C14H15ClN4O2S2/c15-12-13(19-5-6-22-14(19)17-12)23(20,21)18-11-2-1-10-8-16-4-3-9(10)7-11/h1-2,7-8,12-13,18H,3-6H2. The van der Waals surface area contributed by atoms with E-state index in [0.717, 1.165) is 35.0 Å². The molecule has 3 aliphatic rings.